The van der Waals surface area contributed by atoms with E-state index in [1.54, 1.807) is 78.7 Å². The lowest BCUT2D eigenvalue weighted by molar-refractivity contribution is -0.133. The molecule has 2 aliphatic heterocycles. The fraction of sp³-hybridized carbons (Fsp3) is 0.125. The van der Waals surface area contributed by atoms with Crippen molar-refractivity contribution in [2.45, 2.75) is 23.2 Å². The van der Waals surface area contributed by atoms with E-state index in [1.165, 1.54) is 12.1 Å². The van der Waals surface area contributed by atoms with Gasteiger partial charge < -0.3 is 4.90 Å². The fourth-order valence-electron chi connectivity index (χ4n) is 5.76. The normalized spacial score (nSPS) is 20.6. The summed E-state index contributed by atoms with van der Waals surface area (Å²) in [5.41, 5.74) is 1.98. The molecule has 2 heterocycles. The molecule has 0 N–H and O–H groups in total. The predicted octanol–water partition coefficient (Wildman–Crippen LogP) is 6.03. The Kier molecular flexibility index (Phi) is 6.27. The molecule has 6 rings (SSSR count). The molecule has 0 aromatic heterocycles. The number of para-hydroxylation sites is 1. The molecule has 0 radical (unpaired) electrons. The molecule has 2 aliphatic rings. The quantitative estimate of drug-likeness (QED) is 0.282. The molecule has 0 saturated carbocycles. The molecule has 4 aromatic rings. The summed E-state index contributed by atoms with van der Waals surface area (Å²) in [6, 6.07) is 29.8. The molecule has 8 heteroatoms. The Morgan fingerprint density at radius 2 is 1.43 bits per heavy atom. The number of anilines is 1. The Morgan fingerprint density at radius 3 is 2.10 bits per heavy atom. The van der Waals surface area contributed by atoms with E-state index < -0.39 is 27.3 Å². The van der Waals surface area contributed by atoms with Crippen LogP contribution in [-0.4, -0.2) is 31.6 Å². The van der Waals surface area contributed by atoms with E-state index in [0.29, 0.717) is 22.4 Å². The summed E-state index contributed by atoms with van der Waals surface area (Å²) in [5.74, 6) is -2.10. The third-order valence-electron chi connectivity index (χ3n) is 7.69. The molecule has 200 valence electrons. The predicted molar refractivity (Wildman–Crippen MR) is 158 cm³/mol. The van der Waals surface area contributed by atoms with Crippen molar-refractivity contribution in [1.29, 1.82) is 0 Å². The van der Waals surface area contributed by atoms with Gasteiger partial charge in [-0.1, -0.05) is 94.3 Å². The molecular weight excluding hydrogens is 588 g/mol. The Labute approximate surface area is 241 Å². The first kappa shape index (κ1) is 26.2. The van der Waals surface area contributed by atoms with Crippen LogP contribution in [0, 0.1) is 6.92 Å². The summed E-state index contributed by atoms with van der Waals surface area (Å²) in [6.07, 6.45) is 1.69. The van der Waals surface area contributed by atoms with Crippen LogP contribution in [0.2, 0.25) is 0 Å². The third-order valence-corrected chi connectivity index (χ3v) is 9.94. The van der Waals surface area contributed by atoms with Gasteiger partial charge in [0.2, 0.25) is 11.8 Å². The van der Waals surface area contributed by atoms with Crippen LogP contribution in [0.1, 0.15) is 28.2 Å². The highest BCUT2D eigenvalue weighted by atomic mass is 79.9. The van der Waals surface area contributed by atoms with Crippen LogP contribution in [-0.2, 0) is 25.0 Å². The van der Waals surface area contributed by atoms with Gasteiger partial charge in [-0.25, -0.2) is 12.7 Å². The largest absolute Gasteiger partial charge is 0.314 e. The standard InChI is InChI=1S/C32H25BrN2O4S/c1-21-12-18-25(19-13-21)40(38,39)35-28(22-14-16-24(33)17-15-22)20-32(29(30(35)36)23-8-4-3-5-9-23)26-10-6-7-11-27(26)34(2)31(32)37/h3-20,29H,1-2H3/t29-,32+/m1/s1. The van der Waals surface area contributed by atoms with Gasteiger partial charge in [0.25, 0.3) is 10.0 Å². The van der Waals surface area contributed by atoms with Gasteiger partial charge in [-0.3, -0.25) is 9.59 Å². The number of aryl methyl sites for hydroxylation is 1. The topological polar surface area (TPSA) is 74.8 Å². The monoisotopic (exact) mass is 612 g/mol. The lowest BCUT2D eigenvalue weighted by Crippen LogP contribution is -2.53. The average molecular weight is 614 g/mol. The average Bonchev–Trinajstić information content (AvgIpc) is 3.16. The molecule has 2 amide bonds. The van der Waals surface area contributed by atoms with Gasteiger partial charge in [-0.15, -0.1) is 0 Å². The highest BCUT2D eigenvalue weighted by Crippen LogP contribution is 2.55. The third kappa shape index (κ3) is 3.85. The van der Waals surface area contributed by atoms with Crippen molar-refractivity contribution >= 4 is 49.2 Å². The fourth-order valence-corrected chi connectivity index (χ4v) is 7.48. The minimum absolute atomic E-state index is 0.00695. The van der Waals surface area contributed by atoms with Crippen molar-refractivity contribution in [1.82, 2.24) is 4.31 Å². The van der Waals surface area contributed by atoms with Crippen molar-refractivity contribution in [2.24, 2.45) is 0 Å². The lowest BCUT2D eigenvalue weighted by atomic mass is 9.65. The van der Waals surface area contributed by atoms with Crippen LogP contribution in [0.5, 0.6) is 0 Å². The van der Waals surface area contributed by atoms with E-state index in [9.17, 15) is 18.0 Å². The van der Waals surface area contributed by atoms with E-state index >= 15 is 0 Å². The number of carbonyl (C=O) groups excluding carboxylic acids is 2. The number of halogens is 1. The van der Waals surface area contributed by atoms with Gasteiger partial charge in [0, 0.05) is 17.2 Å². The number of hydrogen-bond donors (Lipinski definition) is 0. The molecular formula is C32H25BrN2O4S. The van der Waals surface area contributed by atoms with Gasteiger partial charge in [-0.05, 0) is 60.0 Å². The van der Waals surface area contributed by atoms with Crippen molar-refractivity contribution in [3.63, 3.8) is 0 Å². The highest BCUT2D eigenvalue weighted by molar-refractivity contribution is 9.10. The zero-order chi connectivity index (χ0) is 28.2. The number of likely N-dealkylation sites (N-methyl/N-ethyl adjacent to an activating group) is 1. The Hall–Kier alpha value is -4.01. The number of rotatable bonds is 4. The molecule has 40 heavy (non-hydrogen) atoms. The molecule has 2 atom stereocenters. The lowest BCUT2D eigenvalue weighted by Gasteiger charge is -2.42. The number of hydrogen-bond acceptors (Lipinski definition) is 4. The maximum Gasteiger partial charge on any atom is 0.270 e. The minimum atomic E-state index is -4.35. The maximum atomic E-state index is 14.8. The number of carbonyl (C=O) groups is 2. The molecule has 0 unspecified atom stereocenters. The van der Waals surface area contributed by atoms with Crippen LogP contribution in [0.3, 0.4) is 0 Å². The van der Waals surface area contributed by atoms with Gasteiger partial charge >= 0.3 is 0 Å². The van der Waals surface area contributed by atoms with Gasteiger partial charge in [-0.2, -0.15) is 0 Å². The number of benzene rings is 4. The molecule has 4 aromatic carbocycles. The summed E-state index contributed by atoms with van der Waals surface area (Å²) in [6.45, 7) is 1.87. The van der Waals surface area contributed by atoms with Crippen molar-refractivity contribution in [2.75, 3.05) is 11.9 Å². The first-order chi connectivity index (χ1) is 19.2. The van der Waals surface area contributed by atoms with Crippen LogP contribution < -0.4 is 4.90 Å². The van der Waals surface area contributed by atoms with Crippen molar-refractivity contribution in [3.8, 4) is 0 Å². The van der Waals surface area contributed by atoms with E-state index in [4.69, 9.17) is 0 Å². The van der Waals surface area contributed by atoms with Gasteiger partial charge in [0.15, 0.2) is 0 Å². The SMILES string of the molecule is Cc1ccc(S(=O)(=O)N2C(=O)[C@@H](c3ccccc3)[C@@]3(C=C2c2ccc(Br)cc2)C(=O)N(C)c2ccccc23)cc1. The van der Waals surface area contributed by atoms with E-state index in [1.807, 2.05) is 37.3 Å². The van der Waals surface area contributed by atoms with Crippen LogP contribution in [0.25, 0.3) is 5.70 Å². The van der Waals surface area contributed by atoms with Crippen LogP contribution in [0.15, 0.2) is 119 Å². The zero-order valence-electron chi connectivity index (χ0n) is 21.8. The van der Waals surface area contributed by atoms with Crippen LogP contribution in [0.4, 0.5) is 5.69 Å². The second-order valence-electron chi connectivity index (χ2n) is 10.1. The minimum Gasteiger partial charge on any atom is -0.314 e. The van der Waals surface area contributed by atoms with E-state index in [0.717, 1.165) is 14.3 Å². The zero-order valence-corrected chi connectivity index (χ0v) is 24.2. The summed E-state index contributed by atoms with van der Waals surface area (Å²) in [7, 11) is -2.67. The van der Waals surface area contributed by atoms with Crippen LogP contribution >= 0.6 is 15.9 Å². The second kappa shape index (κ2) is 9.57. The van der Waals surface area contributed by atoms with Gasteiger partial charge in [0.1, 0.15) is 5.41 Å². The molecule has 6 nitrogen and oxygen atoms in total. The number of fused-ring (bicyclic) bond motifs is 2. The van der Waals surface area contributed by atoms with Gasteiger partial charge in [0.05, 0.1) is 16.5 Å². The maximum absolute atomic E-state index is 14.8. The number of nitrogens with zero attached hydrogens (tertiary/aromatic N) is 2. The van der Waals surface area contributed by atoms with Crippen molar-refractivity contribution in [3.05, 3.63) is 136 Å². The highest BCUT2D eigenvalue weighted by Gasteiger charge is 2.61. The molecule has 0 fully saturated rings. The molecule has 1 spiro atoms. The summed E-state index contributed by atoms with van der Waals surface area (Å²) >= 11 is 3.44. The second-order valence-corrected chi connectivity index (χ2v) is 12.8. The summed E-state index contributed by atoms with van der Waals surface area (Å²) < 4.78 is 30.3. The Bertz CT molecular complexity index is 1790. The molecule has 0 aliphatic carbocycles. The molecule has 0 saturated heterocycles. The van der Waals surface area contributed by atoms with Crippen molar-refractivity contribution < 1.29 is 18.0 Å². The summed E-state index contributed by atoms with van der Waals surface area (Å²) in [5, 5.41) is 0. The first-order valence-corrected chi connectivity index (χ1v) is 15.0. The Balaban J connectivity index is 1.71. The van der Waals surface area contributed by atoms with E-state index in [2.05, 4.69) is 15.9 Å². The molecule has 0 bridgehead atoms. The number of sulfonamides is 1. The smallest absolute Gasteiger partial charge is 0.270 e. The summed E-state index contributed by atoms with van der Waals surface area (Å²) in [4.78, 5) is 30.7. The van der Waals surface area contributed by atoms with E-state index in [-0.39, 0.29) is 16.5 Å². The Morgan fingerprint density at radius 1 is 0.800 bits per heavy atom. The number of amides is 2. The first-order valence-electron chi connectivity index (χ1n) is 12.7.